The molecule has 0 aliphatic carbocycles. The number of pyridine rings is 1. The van der Waals surface area contributed by atoms with Gasteiger partial charge in [0.05, 0.1) is 17.7 Å². The lowest BCUT2D eigenvalue weighted by Crippen LogP contribution is -2.39. The van der Waals surface area contributed by atoms with Crippen molar-refractivity contribution in [3.63, 3.8) is 0 Å². The van der Waals surface area contributed by atoms with Crippen LogP contribution in [0.3, 0.4) is 0 Å². The zero-order valence-electron chi connectivity index (χ0n) is 13.6. The van der Waals surface area contributed by atoms with Crippen LogP contribution in [0.2, 0.25) is 0 Å². The first-order valence-electron chi connectivity index (χ1n) is 7.55. The van der Waals surface area contributed by atoms with Gasteiger partial charge in [-0.3, -0.25) is 14.6 Å². The van der Waals surface area contributed by atoms with Gasteiger partial charge in [-0.2, -0.15) is 5.26 Å². The molecule has 0 fully saturated rings. The lowest BCUT2D eigenvalue weighted by Gasteiger charge is -2.27. The lowest BCUT2D eigenvalue weighted by molar-refractivity contribution is -0.143. The zero-order valence-corrected chi connectivity index (χ0v) is 13.6. The topological polar surface area (TPSA) is 86.1 Å². The van der Waals surface area contributed by atoms with Crippen LogP contribution in [-0.4, -0.2) is 28.7 Å². The molecule has 0 saturated heterocycles. The third-order valence-corrected chi connectivity index (χ3v) is 3.71. The molecule has 1 atom stereocenters. The van der Waals surface area contributed by atoms with Crippen molar-refractivity contribution < 1.29 is 9.59 Å². The maximum atomic E-state index is 12.4. The van der Waals surface area contributed by atoms with Crippen LogP contribution in [0.4, 0.5) is 5.69 Å². The predicted octanol–water partition coefficient (Wildman–Crippen LogP) is 2.50. The average molecular weight is 322 g/mol. The molecule has 6 nitrogen and oxygen atoms in total. The van der Waals surface area contributed by atoms with Crippen LogP contribution in [0.5, 0.6) is 0 Å². The molecule has 0 unspecified atom stereocenters. The van der Waals surface area contributed by atoms with E-state index in [1.807, 2.05) is 25.1 Å². The van der Waals surface area contributed by atoms with Crippen LogP contribution in [0.25, 0.3) is 0 Å². The van der Waals surface area contributed by atoms with E-state index in [0.717, 1.165) is 5.56 Å². The van der Waals surface area contributed by atoms with Crippen molar-refractivity contribution >= 4 is 17.5 Å². The Morgan fingerprint density at radius 3 is 2.62 bits per heavy atom. The average Bonchev–Trinajstić information content (AvgIpc) is 2.62. The standard InChI is InChI=1S/C18H18N4O2/c1-3-16(14-7-9-20-10-8-14)22(2)18(24)17(23)21-15-6-4-5-13(11-15)12-19/h4-11,16H,3H2,1-2H3,(H,21,23)/t16-/m1/s1. The highest BCUT2D eigenvalue weighted by Gasteiger charge is 2.25. The summed E-state index contributed by atoms with van der Waals surface area (Å²) in [6, 6.07) is 11.9. The number of anilines is 1. The number of carbonyl (C=O) groups is 2. The molecular weight excluding hydrogens is 304 g/mol. The molecule has 122 valence electrons. The number of nitriles is 1. The van der Waals surface area contributed by atoms with Crippen molar-refractivity contribution in [1.82, 2.24) is 9.88 Å². The van der Waals surface area contributed by atoms with E-state index >= 15 is 0 Å². The maximum absolute atomic E-state index is 12.4. The summed E-state index contributed by atoms with van der Waals surface area (Å²) in [6.07, 6.45) is 3.98. The number of hydrogen-bond donors (Lipinski definition) is 1. The summed E-state index contributed by atoms with van der Waals surface area (Å²) in [6.45, 7) is 1.95. The smallest absolute Gasteiger partial charge is 0.313 e. The lowest BCUT2D eigenvalue weighted by atomic mass is 10.0. The first-order valence-corrected chi connectivity index (χ1v) is 7.55. The van der Waals surface area contributed by atoms with E-state index in [1.54, 1.807) is 37.6 Å². The van der Waals surface area contributed by atoms with Crippen molar-refractivity contribution in [2.75, 3.05) is 12.4 Å². The molecule has 2 amide bonds. The summed E-state index contributed by atoms with van der Waals surface area (Å²) in [7, 11) is 1.60. The fourth-order valence-electron chi connectivity index (χ4n) is 2.47. The summed E-state index contributed by atoms with van der Waals surface area (Å²) in [4.78, 5) is 30.0. The van der Waals surface area contributed by atoms with Gasteiger partial charge in [-0.25, -0.2) is 0 Å². The van der Waals surface area contributed by atoms with Gasteiger partial charge in [0.15, 0.2) is 0 Å². The van der Waals surface area contributed by atoms with Crippen molar-refractivity contribution in [2.24, 2.45) is 0 Å². The number of benzene rings is 1. The molecule has 0 bridgehead atoms. The minimum Gasteiger partial charge on any atom is -0.330 e. The highest BCUT2D eigenvalue weighted by atomic mass is 16.2. The molecule has 1 aromatic carbocycles. The van der Waals surface area contributed by atoms with Gasteiger partial charge < -0.3 is 10.2 Å². The second kappa shape index (κ2) is 7.88. The van der Waals surface area contributed by atoms with E-state index in [9.17, 15) is 9.59 Å². The molecule has 0 radical (unpaired) electrons. The van der Waals surface area contributed by atoms with E-state index in [4.69, 9.17) is 5.26 Å². The highest BCUT2D eigenvalue weighted by Crippen LogP contribution is 2.22. The molecule has 0 aliphatic heterocycles. The number of hydrogen-bond acceptors (Lipinski definition) is 4. The minimum atomic E-state index is -0.736. The monoisotopic (exact) mass is 322 g/mol. The Kier molecular flexibility index (Phi) is 5.63. The Labute approximate surface area is 140 Å². The molecule has 0 saturated carbocycles. The summed E-state index contributed by atoms with van der Waals surface area (Å²) in [5, 5.41) is 11.4. The number of aromatic nitrogens is 1. The molecule has 1 heterocycles. The van der Waals surface area contributed by atoms with Crippen LogP contribution in [0.15, 0.2) is 48.8 Å². The highest BCUT2D eigenvalue weighted by molar-refractivity contribution is 6.39. The van der Waals surface area contributed by atoms with Gasteiger partial charge in [-0.15, -0.1) is 0 Å². The predicted molar refractivity (Wildman–Crippen MR) is 89.8 cm³/mol. The molecule has 6 heteroatoms. The zero-order chi connectivity index (χ0) is 17.5. The number of rotatable bonds is 4. The van der Waals surface area contributed by atoms with E-state index in [-0.39, 0.29) is 6.04 Å². The number of nitrogens with zero attached hydrogens (tertiary/aromatic N) is 3. The van der Waals surface area contributed by atoms with Crippen molar-refractivity contribution in [3.8, 4) is 6.07 Å². The second-order valence-corrected chi connectivity index (χ2v) is 5.27. The summed E-state index contributed by atoms with van der Waals surface area (Å²) in [5.41, 5.74) is 1.75. The Morgan fingerprint density at radius 2 is 2.00 bits per heavy atom. The van der Waals surface area contributed by atoms with Crippen molar-refractivity contribution in [3.05, 3.63) is 59.9 Å². The van der Waals surface area contributed by atoms with E-state index < -0.39 is 11.8 Å². The molecule has 0 spiro atoms. The number of carbonyl (C=O) groups excluding carboxylic acids is 2. The molecule has 2 rings (SSSR count). The van der Waals surface area contributed by atoms with Crippen molar-refractivity contribution in [1.29, 1.82) is 5.26 Å². The van der Waals surface area contributed by atoms with Crippen LogP contribution >= 0.6 is 0 Å². The van der Waals surface area contributed by atoms with Gasteiger partial charge in [0, 0.05) is 25.1 Å². The van der Waals surface area contributed by atoms with Gasteiger partial charge in [0.1, 0.15) is 0 Å². The molecule has 2 aromatic rings. The van der Waals surface area contributed by atoms with Gasteiger partial charge >= 0.3 is 11.8 Å². The Hall–Kier alpha value is -3.20. The number of likely N-dealkylation sites (N-methyl/N-ethyl adjacent to an activating group) is 1. The van der Waals surface area contributed by atoms with E-state index in [2.05, 4.69) is 10.3 Å². The molecular formula is C18H18N4O2. The summed E-state index contributed by atoms with van der Waals surface area (Å²) < 4.78 is 0. The summed E-state index contributed by atoms with van der Waals surface area (Å²) >= 11 is 0. The second-order valence-electron chi connectivity index (χ2n) is 5.27. The van der Waals surface area contributed by atoms with Crippen LogP contribution in [0, 0.1) is 11.3 Å². The quantitative estimate of drug-likeness (QED) is 0.876. The first-order chi connectivity index (χ1) is 11.6. The molecule has 1 aromatic heterocycles. The Bertz CT molecular complexity index is 768. The SMILES string of the molecule is CC[C@H](c1ccncc1)N(C)C(=O)C(=O)Nc1cccc(C#N)c1. The van der Waals surface area contributed by atoms with Gasteiger partial charge in [-0.05, 0) is 42.3 Å². The fourth-order valence-corrected chi connectivity index (χ4v) is 2.47. The van der Waals surface area contributed by atoms with Gasteiger partial charge in [0.25, 0.3) is 0 Å². The van der Waals surface area contributed by atoms with Gasteiger partial charge in [0.2, 0.25) is 0 Å². The third-order valence-electron chi connectivity index (χ3n) is 3.71. The first kappa shape index (κ1) is 17.2. The fraction of sp³-hybridized carbons (Fsp3) is 0.222. The Balaban J connectivity index is 2.11. The normalized spacial score (nSPS) is 11.2. The van der Waals surface area contributed by atoms with Gasteiger partial charge in [-0.1, -0.05) is 13.0 Å². The van der Waals surface area contributed by atoms with Crippen LogP contribution in [0.1, 0.15) is 30.5 Å². The van der Waals surface area contributed by atoms with Crippen molar-refractivity contribution in [2.45, 2.75) is 19.4 Å². The summed E-state index contributed by atoms with van der Waals surface area (Å²) in [5.74, 6) is -1.37. The third kappa shape index (κ3) is 3.96. The molecule has 24 heavy (non-hydrogen) atoms. The minimum absolute atomic E-state index is 0.211. The van der Waals surface area contributed by atoms with E-state index in [1.165, 1.54) is 11.0 Å². The van der Waals surface area contributed by atoms with Crippen LogP contribution < -0.4 is 5.32 Å². The van der Waals surface area contributed by atoms with E-state index in [0.29, 0.717) is 17.7 Å². The van der Waals surface area contributed by atoms with Crippen LogP contribution in [-0.2, 0) is 9.59 Å². The Morgan fingerprint density at radius 1 is 1.29 bits per heavy atom. The number of nitrogens with one attached hydrogen (secondary N) is 1. The molecule has 1 N–H and O–H groups in total. The maximum Gasteiger partial charge on any atom is 0.313 e. The number of amides is 2. The largest absolute Gasteiger partial charge is 0.330 e. The molecule has 0 aliphatic rings.